The average molecular weight is 318 g/mol. The lowest BCUT2D eigenvalue weighted by atomic mass is 9.96. The van der Waals surface area contributed by atoms with E-state index in [0.717, 1.165) is 9.37 Å². The summed E-state index contributed by atoms with van der Waals surface area (Å²) < 4.78 is 0.968. The molecular weight excluding hydrogens is 302 g/mol. The van der Waals surface area contributed by atoms with Gasteiger partial charge in [0.2, 0.25) is 5.91 Å². The third kappa shape index (κ3) is 3.90. The number of carbonyl (C=O) groups excluding carboxylic acids is 1. The molecule has 0 aliphatic carbocycles. The van der Waals surface area contributed by atoms with E-state index < -0.39 is 5.41 Å². The molecule has 0 fully saturated rings. The van der Waals surface area contributed by atoms with E-state index in [1.54, 1.807) is 11.8 Å². The highest BCUT2D eigenvalue weighted by atomic mass is 79.9. The summed E-state index contributed by atoms with van der Waals surface area (Å²) in [5.41, 5.74) is 8.21. The van der Waals surface area contributed by atoms with E-state index in [1.807, 2.05) is 32.0 Å². The lowest BCUT2D eigenvalue weighted by molar-refractivity contribution is -0.128. The Morgan fingerprint density at radius 3 is 2.76 bits per heavy atom. The van der Waals surface area contributed by atoms with Gasteiger partial charge in [-0.2, -0.15) is 0 Å². The fourth-order valence-electron chi connectivity index (χ4n) is 1.15. The number of nitrogens with two attached hydrogens (primary N) is 2. The van der Waals surface area contributed by atoms with Gasteiger partial charge in [-0.25, -0.2) is 5.84 Å². The minimum atomic E-state index is -0.534. The second-order valence-electron chi connectivity index (χ2n) is 4.33. The van der Waals surface area contributed by atoms with Crippen molar-refractivity contribution in [2.75, 3.05) is 11.5 Å². The summed E-state index contributed by atoms with van der Waals surface area (Å²) in [6.07, 6.45) is 0. The Morgan fingerprint density at radius 2 is 2.18 bits per heavy atom. The first-order chi connectivity index (χ1) is 7.86. The fourth-order valence-corrected chi connectivity index (χ4v) is 2.76. The van der Waals surface area contributed by atoms with Crippen LogP contribution in [0.15, 0.2) is 27.6 Å². The van der Waals surface area contributed by atoms with Gasteiger partial charge in [0.05, 0.1) is 5.41 Å². The zero-order valence-electron chi connectivity index (χ0n) is 9.79. The number of halogens is 1. The van der Waals surface area contributed by atoms with Crippen molar-refractivity contribution in [1.29, 1.82) is 0 Å². The summed E-state index contributed by atoms with van der Waals surface area (Å²) in [4.78, 5) is 12.5. The molecule has 94 valence electrons. The molecular formula is C11H16BrN3OS. The molecule has 0 atom stereocenters. The van der Waals surface area contributed by atoms with Gasteiger partial charge in [0.25, 0.3) is 0 Å². The van der Waals surface area contributed by atoms with E-state index in [2.05, 4.69) is 21.4 Å². The maximum atomic E-state index is 11.5. The van der Waals surface area contributed by atoms with E-state index >= 15 is 0 Å². The zero-order chi connectivity index (χ0) is 13.1. The molecule has 4 nitrogen and oxygen atoms in total. The first-order valence-electron chi connectivity index (χ1n) is 5.05. The van der Waals surface area contributed by atoms with E-state index in [9.17, 15) is 4.79 Å². The van der Waals surface area contributed by atoms with Crippen LogP contribution in [0, 0.1) is 5.41 Å². The van der Waals surface area contributed by atoms with Crippen LogP contribution in [0.2, 0.25) is 0 Å². The summed E-state index contributed by atoms with van der Waals surface area (Å²) in [5, 5.41) is 0. The van der Waals surface area contributed by atoms with Gasteiger partial charge in [-0.1, -0.05) is 29.8 Å². The van der Waals surface area contributed by atoms with E-state index in [0.29, 0.717) is 11.4 Å². The number of nitrogen functional groups attached to an aromatic ring is 1. The molecule has 0 unspecified atom stereocenters. The molecule has 1 amide bonds. The lowest BCUT2D eigenvalue weighted by Crippen LogP contribution is -2.42. The normalized spacial score (nSPS) is 11.3. The second-order valence-corrected chi connectivity index (χ2v) is 6.26. The lowest BCUT2D eigenvalue weighted by Gasteiger charge is -2.21. The van der Waals surface area contributed by atoms with Gasteiger partial charge in [-0.3, -0.25) is 10.2 Å². The number of nitrogens with one attached hydrogen (secondary N) is 1. The van der Waals surface area contributed by atoms with Gasteiger partial charge in [-0.15, -0.1) is 11.8 Å². The van der Waals surface area contributed by atoms with Crippen LogP contribution in [0.1, 0.15) is 13.8 Å². The minimum absolute atomic E-state index is 0.182. The van der Waals surface area contributed by atoms with Gasteiger partial charge in [0.1, 0.15) is 0 Å². The summed E-state index contributed by atoms with van der Waals surface area (Å²) in [7, 11) is 0. The van der Waals surface area contributed by atoms with Gasteiger partial charge in [-0.05, 0) is 18.2 Å². The number of carbonyl (C=O) groups is 1. The third-order valence-electron chi connectivity index (χ3n) is 2.31. The maximum absolute atomic E-state index is 11.5. The number of amides is 1. The Morgan fingerprint density at radius 1 is 1.53 bits per heavy atom. The van der Waals surface area contributed by atoms with Crippen LogP contribution in [0.5, 0.6) is 0 Å². The molecule has 1 rings (SSSR count). The first-order valence-corrected chi connectivity index (χ1v) is 6.83. The largest absolute Gasteiger partial charge is 0.398 e. The zero-order valence-corrected chi connectivity index (χ0v) is 12.2. The summed E-state index contributed by atoms with van der Waals surface area (Å²) in [6, 6.07) is 5.66. The van der Waals surface area contributed by atoms with E-state index in [1.165, 1.54) is 0 Å². The second kappa shape index (κ2) is 5.75. The number of hydrogen-bond acceptors (Lipinski definition) is 4. The molecule has 0 aliphatic heterocycles. The van der Waals surface area contributed by atoms with Crippen LogP contribution >= 0.6 is 27.7 Å². The van der Waals surface area contributed by atoms with E-state index in [4.69, 9.17) is 11.6 Å². The molecule has 0 spiro atoms. The Balaban J connectivity index is 2.73. The molecule has 0 saturated carbocycles. The smallest absolute Gasteiger partial charge is 0.240 e. The molecule has 0 aliphatic rings. The van der Waals surface area contributed by atoms with Crippen LogP contribution in [-0.4, -0.2) is 11.7 Å². The predicted octanol–water partition coefficient (Wildman–Crippen LogP) is 2.14. The monoisotopic (exact) mass is 317 g/mol. The van der Waals surface area contributed by atoms with Crippen LogP contribution in [0.4, 0.5) is 5.69 Å². The van der Waals surface area contributed by atoms with Crippen LogP contribution in [0.3, 0.4) is 0 Å². The maximum Gasteiger partial charge on any atom is 0.240 e. The van der Waals surface area contributed by atoms with Crippen molar-refractivity contribution < 1.29 is 4.79 Å². The molecule has 0 bridgehead atoms. The first kappa shape index (κ1) is 14.3. The third-order valence-corrected chi connectivity index (χ3v) is 4.33. The molecule has 0 saturated heterocycles. The van der Waals surface area contributed by atoms with Crippen molar-refractivity contribution in [1.82, 2.24) is 5.43 Å². The minimum Gasteiger partial charge on any atom is -0.398 e. The summed E-state index contributed by atoms with van der Waals surface area (Å²) in [6.45, 7) is 3.69. The number of benzene rings is 1. The number of hydrogen-bond donors (Lipinski definition) is 3. The summed E-state index contributed by atoms with van der Waals surface area (Å²) in [5.74, 6) is 5.57. The van der Waals surface area contributed by atoms with Gasteiger partial charge in [0.15, 0.2) is 0 Å². The van der Waals surface area contributed by atoms with Crippen molar-refractivity contribution in [3.8, 4) is 0 Å². The topological polar surface area (TPSA) is 81.1 Å². The number of hydrazine groups is 1. The van der Waals surface area contributed by atoms with Crippen molar-refractivity contribution >= 4 is 39.3 Å². The average Bonchev–Trinajstić information content (AvgIpc) is 2.29. The van der Waals surface area contributed by atoms with Crippen molar-refractivity contribution in [2.24, 2.45) is 11.3 Å². The van der Waals surface area contributed by atoms with Gasteiger partial charge < -0.3 is 5.73 Å². The van der Waals surface area contributed by atoms with E-state index in [-0.39, 0.29) is 5.91 Å². The highest BCUT2D eigenvalue weighted by Gasteiger charge is 2.27. The standard InChI is InChI=1S/C11H16BrN3OS/c1-11(2,10(16)15-14)6-17-9-5-7(12)3-4-8(9)13/h3-5H,6,13-14H2,1-2H3,(H,15,16). The fraction of sp³-hybridized carbons (Fsp3) is 0.364. The van der Waals surface area contributed by atoms with Crippen molar-refractivity contribution in [3.63, 3.8) is 0 Å². The van der Waals surface area contributed by atoms with Crippen LogP contribution in [0.25, 0.3) is 0 Å². The molecule has 1 aromatic carbocycles. The highest BCUT2D eigenvalue weighted by Crippen LogP contribution is 2.33. The number of rotatable bonds is 4. The quantitative estimate of drug-likeness (QED) is 0.261. The van der Waals surface area contributed by atoms with Crippen LogP contribution < -0.4 is 17.0 Å². The Kier molecular flexibility index (Phi) is 4.85. The SMILES string of the molecule is CC(C)(CSc1cc(Br)ccc1N)C(=O)NN. The predicted molar refractivity (Wildman–Crippen MR) is 75.4 cm³/mol. The molecule has 6 heteroatoms. The molecule has 1 aromatic rings. The molecule has 5 N–H and O–H groups in total. The van der Waals surface area contributed by atoms with Crippen LogP contribution in [-0.2, 0) is 4.79 Å². The van der Waals surface area contributed by atoms with Crippen molar-refractivity contribution in [2.45, 2.75) is 18.7 Å². The Labute approximate surface area is 114 Å². The molecule has 0 aromatic heterocycles. The number of anilines is 1. The van der Waals surface area contributed by atoms with Gasteiger partial charge >= 0.3 is 0 Å². The number of thioether (sulfide) groups is 1. The molecule has 0 heterocycles. The van der Waals surface area contributed by atoms with Gasteiger partial charge in [0, 0.05) is 20.8 Å². The Bertz CT molecular complexity index is 423. The highest BCUT2D eigenvalue weighted by molar-refractivity contribution is 9.10. The van der Waals surface area contributed by atoms with Crippen molar-refractivity contribution in [3.05, 3.63) is 22.7 Å². The molecule has 17 heavy (non-hydrogen) atoms. The molecule has 0 radical (unpaired) electrons. The summed E-state index contributed by atoms with van der Waals surface area (Å²) >= 11 is 4.93. The Hall–Kier alpha value is -0.720.